The fourth-order valence-corrected chi connectivity index (χ4v) is 3.41. The quantitative estimate of drug-likeness (QED) is 0.353. The molecule has 31 heavy (non-hydrogen) atoms. The number of carboxylic acids is 1. The third-order valence-corrected chi connectivity index (χ3v) is 5.12. The van der Waals surface area contributed by atoms with Crippen LogP contribution in [0.3, 0.4) is 0 Å². The first-order valence-corrected chi connectivity index (χ1v) is 11.1. The van der Waals surface area contributed by atoms with Gasteiger partial charge in [0.15, 0.2) is 0 Å². The molecule has 1 aromatic carbocycles. The van der Waals surface area contributed by atoms with E-state index in [-0.39, 0.29) is 5.92 Å². The maximum absolute atomic E-state index is 10.5. The third kappa shape index (κ3) is 11.1. The number of hydrogen-bond donors (Lipinski definition) is 2. The molecule has 1 aliphatic heterocycles. The van der Waals surface area contributed by atoms with Crippen LogP contribution < -0.4 is 10.2 Å². The van der Waals surface area contributed by atoms with Crippen molar-refractivity contribution >= 4 is 24.9 Å². The number of piperidine rings is 1. The number of allylic oxidation sites excluding steroid dienone is 1. The molecular formula is C24H38BN3O3. The first-order valence-electron chi connectivity index (χ1n) is 11.1. The van der Waals surface area contributed by atoms with E-state index in [4.69, 9.17) is 5.11 Å². The zero-order chi connectivity index (χ0) is 23.2. The Hall–Kier alpha value is -2.28. The summed E-state index contributed by atoms with van der Waals surface area (Å²) in [5.41, 5.74) is 4.08. The Morgan fingerprint density at radius 1 is 1.26 bits per heavy atom. The van der Waals surface area contributed by atoms with Gasteiger partial charge in [0, 0.05) is 18.3 Å². The van der Waals surface area contributed by atoms with Gasteiger partial charge in [0.1, 0.15) is 0 Å². The third-order valence-electron chi connectivity index (χ3n) is 5.12. The Morgan fingerprint density at radius 3 is 2.35 bits per heavy atom. The van der Waals surface area contributed by atoms with Crippen molar-refractivity contribution in [2.75, 3.05) is 24.5 Å². The Kier molecular flexibility index (Phi) is 12.7. The van der Waals surface area contributed by atoms with Crippen LogP contribution in [0.15, 0.2) is 40.9 Å². The minimum absolute atomic E-state index is 0.259. The monoisotopic (exact) mass is 427 g/mol. The summed E-state index contributed by atoms with van der Waals surface area (Å²) in [4.78, 5) is 16.7. The Balaban J connectivity index is 0.000000348. The number of hydrogen-bond acceptors (Lipinski definition) is 5. The molecule has 170 valence electrons. The molecule has 0 radical (unpaired) electrons. The molecule has 2 N–H and O–H groups in total. The summed E-state index contributed by atoms with van der Waals surface area (Å²) in [6.07, 6.45) is 6.26. The van der Waals surface area contributed by atoms with E-state index in [1.165, 1.54) is 29.7 Å². The molecule has 0 saturated carbocycles. The molecule has 1 saturated heterocycles. The standard InChI is InChI=1S/C17H26N2.C7H12BNO3/c1-14(2)10-13-19(17-8-11-18-12-9-17)16-6-4-15(3)5-7-16;1-5(2)3-6(7(10)11)9-4-8-12/h4-7,10,17-18H,8-9,11-13H2,1-3H3;4-6H,3H2,1-2H3,(H,10,11)/t;6-/m.0/s1. The molecule has 0 aromatic heterocycles. The fraction of sp³-hybridized carbons (Fsp3) is 0.583. The summed E-state index contributed by atoms with van der Waals surface area (Å²) in [7, 11) is 0.482. The van der Waals surface area contributed by atoms with Crippen molar-refractivity contribution in [3.05, 3.63) is 41.5 Å². The van der Waals surface area contributed by atoms with E-state index in [1.54, 1.807) is 0 Å². The van der Waals surface area contributed by atoms with Crippen molar-refractivity contribution in [1.29, 1.82) is 0 Å². The molecule has 7 heteroatoms. The van der Waals surface area contributed by atoms with Crippen molar-refractivity contribution in [3.8, 4) is 0 Å². The van der Waals surface area contributed by atoms with Gasteiger partial charge in [-0.3, -0.25) is 0 Å². The predicted octanol–water partition coefficient (Wildman–Crippen LogP) is 4.08. The minimum atomic E-state index is -0.984. The SMILES string of the molecule is CC(C)=CCN(c1ccc(C)cc1)C1CCNCC1.CC(C)C[C@H](N=CB=O)C(=O)O. The van der Waals surface area contributed by atoms with Gasteiger partial charge < -0.3 is 10.2 Å². The number of aliphatic imine (C=N–C) groups is 1. The summed E-state index contributed by atoms with van der Waals surface area (Å²) in [6.45, 7) is 13.6. The van der Waals surface area contributed by atoms with E-state index in [1.807, 2.05) is 13.8 Å². The molecular weight excluding hydrogens is 389 g/mol. The van der Waals surface area contributed by atoms with Gasteiger partial charge in [0.05, 0.1) is 0 Å². The number of aliphatic carboxylic acids is 1. The summed E-state index contributed by atoms with van der Waals surface area (Å²) in [5.74, 6) is -0.725. The van der Waals surface area contributed by atoms with E-state index in [0.717, 1.165) is 25.7 Å². The normalized spacial score (nSPS) is 15.0. The van der Waals surface area contributed by atoms with Crippen LogP contribution in [0.2, 0.25) is 0 Å². The van der Waals surface area contributed by atoms with Gasteiger partial charge >= 0.3 is 71.1 Å². The zero-order valence-corrected chi connectivity index (χ0v) is 19.7. The predicted molar refractivity (Wildman–Crippen MR) is 130 cm³/mol. The first-order chi connectivity index (χ1) is 14.7. The number of nitrogens with one attached hydrogen (secondary N) is 1. The second kappa shape index (κ2) is 14.7. The molecule has 0 unspecified atom stereocenters. The van der Waals surface area contributed by atoms with Crippen LogP contribution in [0.5, 0.6) is 0 Å². The van der Waals surface area contributed by atoms with Crippen molar-refractivity contribution in [3.63, 3.8) is 0 Å². The van der Waals surface area contributed by atoms with Crippen LogP contribution in [-0.4, -0.2) is 56.1 Å². The van der Waals surface area contributed by atoms with Crippen LogP contribution in [0.25, 0.3) is 0 Å². The average Bonchev–Trinajstić information content (AvgIpc) is 2.73. The fourth-order valence-electron chi connectivity index (χ4n) is 3.41. The van der Waals surface area contributed by atoms with Crippen LogP contribution >= 0.6 is 0 Å². The molecule has 0 aliphatic carbocycles. The topological polar surface area (TPSA) is 82.0 Å². The molecule has 1 atom stereocenters. The van der Waals surface area contributed by atoms with Crippen molar-refractivity contribution in [2.24, 2.45) is 10.9 Å². The van der Waals surface area contributed by atoms with Gasteiger partial charge in [-0.1, -0.05) is 29.3 Å². The van der Waals surface area contributed by atoms with Gasteiger partial charge in [-0.25, -0.2) is 0 Å². The van der Waals surface area contributed by atoms with Gasteiger partial charge in [0.25, 0.3) is 0 Å². The number of carbonyl (C=O) groups is 1. The number of aryl methyl sites for hydroxylation is 1. The maximum atomic E-state index is 10.5. The van der Waals surface area contributed by atoms with Gasteiger partial charge in [0.2, 0.25) is 0 Å². The summed E-state index contributed by atoms with van der Waals surface area (Å²) in [6, 6.07) is 8.83. The Bertz CT molecular complexity index is 722. The number of carboxylic acid groups (broad SMARTS) is 1. The summed E-state index contributed by atoms with van der Waals surface area (Å²) in [5, 5.41) is 12.1. The van der Waals surface area contributed by atoms with Crippen molar-refractivity contribution < 1.29 is 14.6 Å². The number of nitrogens with zero attached hydrogens (tertiary/aromatic N) is 2. The van der Waals surface area contributed by atoms with E-state index >= 15 is 0 Å². The molecule has 1 aromatic rings. The summed E-state index contributed by atoms with van der Waals surface area (Å²) < 4.78 is 9.88. The molecule has 6 nitrogen and oxygen atoms in total. The molecule has 0 bridgehead atoms. The van der Waals surface area contributed by atoms with Crippen molar-refractivity contribution in [1.82, 2.24) is 5.32 Å². The molecule has 1 heterocycles. The van der Waals surface area contributed by atoms with Crippen molar-refractivity contribution in [2.45, 2.75) is 66.0 Å². The van der Waals surface area contributed by atoms with Crippen LogP contribution in [0, 0.1) is 12.8 Å². The molecule has 1 aliphatic rings. The first kappa shape index (κ1) is 26.8. The van der Waals surface area contributed by atoms with Crippen LogP contribution in [0.1, 0.15) is 52.5 Å². The molecule has 1 fully saturated rings. The summed E-state index contributed by atoms with van der Waals surface area (Å²) >= 11 is 0. The van der Waals surface area contributed by atoms with E-state index < -0.39 is 12.0 Å². The van der Waals surface area contributed by atoms with Gasteiger partial charge in [-0.2, -0.15) is 0 Å². The molecule has 2 rings (SSSR count). The van der Waals surface area contributed by atoms with Crippen LogP contribution in [-0.2, 0) is 9.50 Å². The number of rotatable bonds is 9. The second-order valence-corrected chi connectivity index (χ2v) is 8.67. The second-order valence-electron chi connectivity index (χ2n) is 8.67. The number of benzene rings is 1. The van der Waals surface area contributed by atoms with E-state index in [9.17, 15) is 9.50 Å². The Morgan fingerprint density at radius 2 is 1.87 bits per heavy atom. The van der Waals surface area contributed by atoms with E-state index in [0.29, 0.717) is 19.6 Å². The zero-order valence-electron chi connectivity index (χ0n) is 19.7. The van der Waals surface area contributed by atoms with Gasteiger partial charge in [-0.15, -0.1) is 0 Å². The molecule has 0 spiro atoms. The average molecular weight is 427 g/mol. The number of anilines is 1. The van der Waals surface area contributed by atoms with E-state index in [2.05, 4.69) is 66.3 Å². The van der Waals surface area contributed by atoms with Crippen LogP contribution in [0.4, 0.5) is 5.69 Å². The Labute approximate surface area is 188 Å². The molecule has 0 amide bonds. The van der Waals surface area contributed by atoms with Gasteiger partial charge in [-0.05, 0) is 58.8 Å².